The van der Waals surface area contributed by atoms with Gasteiger partial charge in [0.2, 0.25) is 0 Å². The second kappa shape index (κ2) is 6.30. The molecule has 0 saturated heterocycles. The first-order valence-electron chi connectivity index (χ1n) is 7.06. The smallest absolute Gasteiger partial charge is 0.101 e. The number of hydrogen-bond acceptors (Lipinski definition) is 2. The van der Waals surface area contributed by atoms with Gasteiger partial charge >= 0.3 is 0 Å². The van der Waals surface area contributed by atoms with E-state index in [2.05, 4.69) is 25.2 Å². The van der Waals surface area contributed by atoms with Gasteiger partial charge in [-0.25, -0.2) is 0 Å². The van der Waals surface area contributed by atoms with Crippen LogP contribution in [0, 0.1) is 23.2 Å². The van der Waals surface area contributed by atoms with Crippen LogP contribution in [-0.4, -0.2) is 6.04 Å². The molecule has 1 fully saturated rings. The zero-order chi connectivity index (χ0) is 13.8. The first kappa shape index (κ1) is 14.2. The fourth-order valence-electron chi connectivity index (χ4n) is 2.87. The van der Waals surface area contributed by atoms with Crippen molar-refractivity contribution < 1.29 is 0 Å². The molecule has 0 aromatic heterocycles. The molecule has 0 bridgehead atoms. The third-order valence-corrected chi connectivity index (χ3v) is 4.50. The maximum Gasteiger partial charge on any atom is 0.101 e. The van der Waals surface area contributed by atoms with E-state index < -0.39 is 0 Å². The number of hydrogen-bond donors (Lipinski definition) is 1. The molecule has 102 valence electrons. The van der Waals surface area contributed by atoms with Crippen LogP contribution >= 0.6 is 11.6 Å². The number of rotatable bonds is 3. The summed E-state index contributed by atoms with van der Waals surface area (Å²) in [6.45, 7) is 4.63. The Kier molecular flexibility index (Phi) is 4.71. The summed E-state index contributed by atoms with van der Waals surface area (Å²) in [6.07, 6.45) is 5.03. The Morgan fingerprint density at radius 3 is 2.53 bits per heavy atom. The van der Waals surface area contributed by atoms with Crippen molar-refractivity contribution in [1.82, 2.24) is 0 Å². The Labute approximate surface area is 120 Å². The molecule has 3 heteroatoms. The maximum absolute atomic E-state index is 8.98. The molecule has 1 aromatic carbocycles. The van der Waals surface area contributed by atoms with Crippen LogP contribution < -0.4 is 5.32 Å². The summed E-state index contributed by atoms with van der Waals surface area (Å²) in [5.74, 6) is 1.67. The molecule has 0 atom stereocenters. The van der Waals surface area contributed by atoms with Gasteiger partial charge in [-0.05, 0) is 55.7 Å². The average Bonchev–Trinajstić information content (AvgIpc) is 2.41. The Hall–Kier alpha value is -1.20. The van der Waals surface area contributed by atoms with Crippen molar-refractivity contribution in [1.29, 1.82) is 5.26 Å². The molecule has 0 amide bonds. The van der Waals surface area contributed by atoms with Crippen LogP contribution in [0.3, 0.4) is 0 Å². The highest BCUT2D eigenvalue weighted by Gasteiger charge is 2.23. The Bertz CT molecular complexity index is 468. The zero-order valence-electron chi connectivity index (χ0n) is 11.6. The lowest BCUT2D eigenvalue weighted by atomic mass is 9.79. The molecule has 0 unspecified atom stereocenters. The van der Waals surface area contributed by atoms with Gasteiger partial charge in [-0.1, -0.05) is 25.4 Å². The van der Waals surface area contributed by atoms with E-state index in [0.717, 1.165) is 17.5 Å². The SMILES string of the molecule is CC(C)C1CCC(Nc2ccc(Cl)c(C#N)c2)CC1. The third kappa shape index (κ3) is 3.64. The first-order valence-corrected chi connectivity index (χ1v) is 7.44. The normalized spacial score (nSPS) is 23.1. The molecule has 1 N–H and O–H groups in total. The highest BCUT2D eigenvalue weighted by molar-refractivity contribution is 6.31. The standard InChI is InChI=1S/C16H21ClN2/c1-11(2)12-3-5-14(6-4-12)19-15-7-8-16(17)13(9-15)10-18/h7-9,11-12,14,19H,3-6H2,1-2H3. The minimum atomic E-state index is 0.525. The van der Waals surface area contributed by atoms with Crippen molar-refractivity contribution in [3.63, 3.8) is 0 Å². The van der Waals surface area contributed by atoms with Crippen molar-refractivity contribution in [2.45, 2.75) is 45.6 Å². The third-order valence-electron chi connectivity index (χ3n) is 4.17. The molecule has 0 radical (unpaired) electrons. The van der Waals surface area contributed by atoms with Crippen molar-refractivity contribution >= 4 is 17.3 Å². The molecule has 1 aromatic rings. The number of benzene rings is 1. The Balaban J connectivity index is 1.94. The molecule has 0 heterocycles. The maximum atomic E-state index is 8.98. The zero-order valence-corrected chi connectivity index (χ0v) is 12.4. The number of nitrogens with one attached hydrogen (secondary N) is 1. The summed E-state index contributed by atoms with van der Waals surface area (Å²) in [7, 11) is 0. The van der Waals surface area contributed by atoms with Crippen LogP contribution in [0.2, 0.25) is 5.02 Å². The van der Waals surface area contributed by atoms with E-state index >= 15 is 0 Å². The summed E-state index contributed by atoms with van der Waals surface area (Å²) in [6, 6.07) is 8.25. The first-order chi connectivity index (χ1) is 9.10. The van der Waals surface area contributed by atoms with Crippen molar-refractivity contribution in [3.8, 4) is 6.07 Å². The summed E-state index contributed by atoms with van der Waals surface area (Å²) in [5, 5.41) is 13.0. The fourth-order valence-corrected chi connectivity index (χ4v) is 3.03. The molecule has 0 spiro atoms. The van der Waals surface area contributed by atoms with E-state index in [0.29, 0.717) is 16.6 Å². The van der Waals surface area contributed by atoms with Crippen LogP contribution in [0.15, 0.2) is 18.2 Å². The fraction of sp³-hybridized carbons (Fsp3) is 0.562. The summed E-state index contributed by atoms with van der Waals surface area (Å²) >= 11 is 5.94. The lowest BCUT2D eigenvalue weighted by Crippen LogP contribution is -2.27. The van der Waals surface area contributed by atoms with E-state index in [1.165, 1.54) is 25.7 Å². The molecule has 2 rings (SSSR count). The van der Waals surface area contributed by atoms with E-state index in [4.69, 9.17) is 16.9 Å². The van der Waals surface area contributed by atoms with Crippen molar-refractivity contribution in [2.75, 3.05) is 5.32 Å². The topological polar surface area (TPSA) is 35.8 Å². The van der Waals surface area contributed by atoms with E-state index in [1.54, 1.807) is 6.07 Å². The van der Waals surface area contributed by atoms with Crippen LogP contribution in [0.5, 0.6) is 0 Å². The van der Waals surface area contributed by atoms with Crippen LogP contribution in [0.25, 0.3) is 0 Å². The number of nitrogens with zero attached hydrogens (tertiary/aromatic N) is 1. The highest BCUT2D eigenvalue weighted by atomic mass is 35.5. The molecule has 1 aliphatic carbocycles. The van der Waals surface area contributed by atoms with E-state index in [1.807, 2.05) is 12.1 Å². The molecule has 19 heavy (non-hydrogen) atoms. The predicted molar refractivity (Wildman–Crippen MR) is 80.4 cm³/mol. The van der Waals surface area contributed by atoms with E-state index in [-0.39, 0.29) is 0 Å². The molecular formula is C16H21ClN2. The number of anilines is 1. The van der Waals surface area contributed by atoms with Gasteiger partial charge in [-0.2, -0.15) is 5.26 Å². The van der Waals surface area contributed by atoms with Gasteiger partial charge in [0.25, 0.3) is 0 Å². The lowest BCUT2D eigenvalue weighted by Gasteiger charge is -2.31. The second-order valence-corrected chi connectivity index (χ2v) is 6.21. The number of halogens is 1. The lowest BCUT2D eigenvalue weighted by molar-refractivity contribution is 0.267. The summed E-state index contributed by atoms with van der Waals surface area (Å²) in [4.78, 5) is 0. The monoisotopic (exact) mass is 276 g/mol. The quantitative estimate of drug-likeness (QED) is 0.857. The van der Waals surface area contributed by atoms with Gasteiger partial charge in [-0.15, -0.1) is 0 Å². The van der Waals surface area contributed by atoms with Gasteiger partial charge < -0.3 is 5.32 Å². The minimum absolute atomic E-state index is 0.525. The highest BCUT2D eigenvalue weighted by Crippen LogP contribution is 2.31. The number of nitriles is 1. The average molecular weight is 277 g/mol. The molecular weight excluding hydrogens is 256 g/mol. The van der Waals surface area contributed by atoms with Gasteiger partial charge in [0.15, 0.2) is 0 Å². The largest absolute Gasteiger partial charge is 0.382 e. The van der Waals surface area contributed by atoms with Crippen LogP contribution in [-0.2, 0) is 0 Å². The second-order valence-electron chi connectivity index (χ2n) is 5.81. The van der Waals surface area contributed by atoms with Gasteiger partial charge in [0.1, 0.15) is 6.07 Å². The predicted octanol–water partition coefficient (Wildman–Crippen LogP) is 4.84. The molecule has 1 aliphatic rings. The summed E-state index contributed by atoms with van der Waals surface area (Å²) in [5.41, 5.74) is 1.55. The van der Waals surface area contributed by atoms with E-state index in [9.17, 15) is 0 Å². The van der Waals surface area contributed by atoms with Gasteiger partial charge in [-0.3, -0.25) is 0 Å². The molecule has 1 saturated carbocycles. The van der Waals surface area contributed by atoms with Crippen LogP contribution in [0.1, 0.15) is 45.1 Å². The molecule has 0 aliphatic heterocycles. The van der Waals surface area contributed by atoms with Crippen molar-refractivity contribution in [3.05, 3.63) is 28.8 Å². The van der Waals surface area contributed by atoms with Gasteiger partial charge in [0.05, 0.1) is 10.6 Å². The molecule has 2 nitrogen and oxygen atoms in total. The minimum Gasteiger partial charge on any atom is -0.382 e. The summed E-state index contributed by atoms with van der Waals surface area (Å²) < 4.78 is 0. The Morgan fingerprint density at radius 1 is 1.26 bits per heavy atom. The Morgan fingerprint density at radius 2 is 1.95 bits per heavy atom. The van der Waals surface area contributed by atoms with Gasteiger partial charge in [0, 0.05) is 11.7 Å². The van der Waals surface area contributed by atoms with Crippen LogP contribution in [0.4, 0.5) is 5.69 Å². The van der Waals surface area contributed by atoms with Crippen molar-refractivity contribution in [2.24, 2.45) is 11.8 Å².